The first kappa shape index (κ1) is 22.2. The van der Waals surface area contributed by atoms with E-state index in [4.69, 9.17) is 4.74 Å². The number of hydrogen-bond acceptors (Lipinski definition) is 4. The van der Waals surface area contributed by atoms with Crippen molar-refractivity contribution in [1.82, 2.24) is 9.80 Å². The van der Waals surface area contributed by atoms with Crippen LogP contribution in [0.3, 0.4) is 0 Å². The average molecular weight is 411 g/mol. The lowest BCUT2D eigenvalue weighted by atomic mass is 9.94. The number of methoxy groups -OCH3 is 1. The normalized spacial score (nSPS) is 15.1. The summed E-state index contributed by atoms with van der Waals surface area (Å²) in [6.45, 7) is 6.07. The fourth-order valence-electron chi connectivity index (χ4n) is 4.12. The number of carbonyl (C=O) groups is 1. The van der Waals surface area contributed by atoms with Crippen LogP contribution >= 0.6 is 0 Å². The van der Waals surface area contributed by atoms with Crippen molar-refractivity contribution in [2.24, 2.45) is 5.92 Å². The minimum absolute atomic E-state index is 0.0840. The fourth-order valence-corrected chi connectivity index (χ4v) is 4.12. The highest BCUT2D eigenvalue weighted by Gasteiger charge is 2.29. The molecule has 1 fully saturated rings. The lowest BCUT2D eigenvalue weighted by molar-refractivity contribution is -0.137. The molecule has 0 aromatic heterocycles. The van der Waals surface area contributed by atoms with Crippen LogP contribution in [-0.4, -0.2) is 47.6 Å². The highest BCUT2D eigenvalue weighted by molar-refractivity contribution is 5.79. The third-order valence-electron chi connectivity index (χ3n) is 5.94. The first-order valence-corrected chi connectivity index (χ1v) is 11.0. The number of rotatable bonds is 9. The Labute approximate surface area is 180 Å². The maximum Gasteiger partial charge on any atom is 0.226 e. The van der Waals surface area contributed by atoms with Gasteiger partial charge in [-0.05, 0) is 44.0 Å². The summed E-state index contributed by atoms with van der Waals surface area (Å²) in [5.41, 5.74) is 2.06. The Bertz CT molecular complexity index is 801. The smallest absolute Gasteiger partial charge is 0.226 e. The Morgan fingerprint density at radius 2 is 1.87 bits per heavy atom. The molecule has 1 aliphatic heterocycles. The number of para-hydroxylation sites is 1. The zero-order valence-corrected chi connectivity index (χ0v) is 18.2. The molecule has 1 amide bonds. The van der Waals surface area contributed by atoms with Crippen LogP contribution in [0.15, 0.2) is 48.5 Å². The van der Waals surface area contributed by atoms with Crippen LogP contribution in [0.5, 0.6) is 11.5 Å². The molecule has 2 aromatic rings. The van der Waals surface area contributed by atoms with Gasteiger partial charge in [-0.1, -0.05) is 55.8 Å². The predicted octanol–water partition coefficient (Wildman–Crippen LogP) is 4.44. The number of carbonyl (C=O) groups excluding carboxylic acids is 1. The largest absolute Gasteiger partial charge is 0.504 e. The Morgan fingerprint density at radius 3 is 2.53 bits per heavy atom. The number of benzene rings is 2. The molecule has 0 aliphatic carbocycles. The number of ether oxygens (including phenoxy) is 1. The predicted molar refractivity (Wildman–Crippen MR) is 119 cm³/mol. The van der Waals surface area contributed by atoms with E-state index in [2.05, 4.69) is 24.0 Å². The number of phenolic OH excluding ortho intramolecular Hbond substituents is 1. The monoisotopic (exact) mass is 410 g/mol. The van der Waals surface area contributed by atoms with Gasteiger partial charge < -0.3 is 14.7 Å². The average Bonchev–Trinajstić information content (AvgIpc) is 2.79. The summed E-state index contributed by atoms with van der Waals surface area (Å²) in [5.74, 6) is 1.09. The summed E-state index contributed by atoms with van der Waals surface area (Å²) >= 11 is 0. The molecule has 2 aromatic carbocycles. The number of likely N-dealkylation sites (tertiary alicyclic amines) is 1. The molecule has 5 nitrogen and oxygen atoms in total. The number of unbranched alkanes of at least 4 members (excludes halogenated alkanes) is 1. The molecule has 0 saturated carbocycles. The highest BCUT2D eigenvalue weighted by Crippen LogP contribution is 2.31. The first-order valence-electron chi connectivity index (χ1n) is 11.0. The molecule has 5 heteroatoms. The van der Waals surface area contributed by atoms with Crippen molar-refractivity contribution in [2.75, 3.05) is 26.7 Å². The quantitative estimate of drug-likeness (QED) is 0.664. The van der Waals surface area contributed by atoms with Crippen LogP contribution < -0.4 is 4.74 Å². The van der Waals surface area contributed by atoms with Crippen molar-refractivity contribution in [3.8, 4) is 11.5 Å². The van der Waals surface area contributed by atoms with Gasteiger partial charge in [0.05, 0.1) is 7.11 Å². The summed E-state index contributed by atoms with van der Waals surface area (Å²) in [6, 6.07) is 15.9. The van der Waals surface area contributed by atoms with E-state index < -0.39 is 0 Å². The van der Waals surface area contributed by atoms with E-state index in [-0.39, 0.29) is 17.6 Å². The maximum absolute atomic E-state index is 13.3. The third-order valence-corrected chi connectivity index (χ3v) is 5.94. The van der Waals surface area contributed by atoms with E-state index in [9.17, 15) is 9.90 Å². The first-order chi connectivity index (χ1) is 14.6. The van der Waals surface area contributed by atoms with Crippen LogP contribution in [0.4, 0.5) is 0 Å². The van der Waals surface area contributed by atoms with Crippen molar-refractivity contribution in [3.05, 3.63) is 59.7 Å². The van der Waals surface area contributed by atoms with Gasteiger partial charge in [-0.25, -0.2) is 0 Å². The van der Waals surface area contributed by atoms with Crippen molar-refractivity contribution in [3.63, 3.8) is 0 Å². The van der Waals surface area contributed by atoms with Gasteiger partial charge in [-0.2, -0.15) is 0 Å². The lowest BCUT2D eigenvalue weighted by Crippen LogP contribution is -2.42. The Morgan fingerprint density at radius 1 is 1.13 bits per heavy atom. The molecule has 0 atom stereocenters. The number of piperidine rings is 1. The summed E-state index contributed by atoms with van der Waals surface area (Å²) in [7, 11) is 1.57. The topological polar surface area (TPSA) is 53.0 Å². The third kappa shape index (κ3) is 5.76. The summed E-state index contributed by atoms with van der Waals surface area (Å²) < 4.78 is 5.21. The van der Waals surface area contributed by atoms with Gasteiger partial charge >= 0.3 is 0 Å². The van der Waals surface area contributed by atoms with Gasteiger partial charge in [0.1, 0.15) is 0 Å². The molecule has 0 radical (unpaired) electrons. The Kier molecular flexibility index (Phi) is 8.14. The number of amides is 1. The van der Waals surface area contributed by atoms with Crippen molar-refractivity contribution < 1.29 is 14.6 Å². The molecular weight excluding hydrogens is 376 g/mol. The van der Waals surface area contributed by atoms with E-state index >= 15 is 0 Å². The molecule has 1 saturated heterocycles. The number of phenols is 1. The van der Waals surface area contributed by atoms with Gasteiger partial charge in [0.15, 0.2) is 11.5 Å². The van der Waals surface area contributed by atoms with Crippen molar-refractivity contribution in [1.29, 1.82) is 0 Å². The van der Waals surface area contributed by atoms with Crippen molar-refractivity contribution in [2.45, 2.75) is 45.7 Å². The minimum Gasteiger partial charge on any atom is -0.504 e. The van der Waals surface area contributed by atoms with Gasteiger partial charge in [0.2, 0.25) is 5.91 Å². The van der Waals surface area contributed by atoms with Crippen LogP contribution in [0.2, 0.25) is 0 Å². The van der Waals surface area contributed by atoms with Crippen LogP contribution in [0, 0.1) is 5.92 Å². The zero-order valence-electron chi connectivity index (χ0n) is 18.2. The number of nitrogens with zero attached hydrogens (tertiary/aromatic N) is 2. The molecule has 30 heavy (non-hydrogen) atoms. The van der Waals surface area contributed by atoms with E-state index in [0.29, 0.717) is 18.8 Å². The SMILES string of the molecule is CCCCN(Cc1ccccc1)C(=O)C1CCN(Cc2cccc(OC)c2O)CC1. The van der Waals surface area contributed by atoms with Gasteiger partial charge in [-0.3, -0.25) is 9.69 Å². The second-order valence-electron chi connectivity index (χ2n) is 8.12. The molecule has 162 valence electrons. The fraction of sp³-hybridized carbons (Fsp3) is 0.480. The van der Waals surface area contributed by atoms with Gasteiger partial charge in [0.25, 0.3) is 0 Å². The summed E-state index contributed by atoms with van der Waals surface area (Å²) in [4.78, 5) is 17.6. The minimum atomic E-state index is 0.0840. The molecule has 1 heterocycles. The molecular formula is C25H34N2O3. The molecule has 0 spiro atoms. The molecule has 0 bridgehead atoms. The Balaban J connectivity index is 1.57. The standard InChI is InChI=1S/C25H34N2O3/c1-3-4-15-27(18-20-9-6-5-7-10-20)25(29)21-13-16-26(17-14-21)19-22-11-8-12-23(30-2)24(22)28/h5-12,21,28H,3-4,13-19H2,1-2H3. The Hall–Kier alpha value is -2.53. The van der Waals surface area contributed by atoms with Crippen LogP contribution in [-0.2, 0) is 17.9 Å². The van der Waals surface area contributed by atoms with Crippen LogP contribution in [0.25, 0.3) is 0 Å². The highest BCUT2D eigenvalue weighted by atomic mass is 16.5. The molecule has 3 rings (SSSR count). The summed E-state index contributed by atoms with van der Waals surface area (Å²) in [5, 5.41) is 10.3. The molecule has 1 N–H and O–H groups in total. The van der Waals surface area contributed by atoms with E-state index in [1.165, 1.54) is 5.56 Å². The van der Waals surface area contributed by atoms with Gasteiger partial charge in [-0.15, -0.1) is 0 Å². The van der Waals surface area contributed by atoms with E-state index in [1.54, 1.807) is 13.2 Å². The number of aromatic hydroxyl groups is 1. The zero-order chi connectivity index (χ0) is 21.3. The van der Waals surface area contributed by atoms with Crippen molar-refractivity contribution >= 4 is 5.91 Å². The van der Waals surface area contributed by atoms with E-state index in [0.717, 1.165) is 50.9 Å². The summed E-state index contributed by atoms with van der Waals surface area (Å²) in [6.07, 6.45) is 3.84. The number of hydrogen-bond donors (Lipinski definition) is 1. The van der Waals surface area contributed by atoms with Crippen LogP contribution in [0.1, 0.15) is 43.7 Å². The molecule has 1 aliphatic rings. The second kappa shape index (κ2) is 11.0. The second-order valence-corrected chi connectivity index (χ2v) is 8.12. The van der Waals surface area contributed by atoms with Gasteiger partial charge in [0, 0.05) is 31.1 Å². The molecule has 0 unspecified atom stereocenters. The van der Waals surface area contributed by atoms with E-state index in [1.807, 2.05) is 35.2 Å². The maximum atomic E-state index is 13.3. The lowest BCUT2D eigenvalue weighted by Gasteiger charge is -2.34.